The Morgan fingerprint density at radius 2 is 1.84 bits per heavy atom. The maximum Gasteiger partial charge on any atom is 0.278 e. The lowest BCUT2D eigenvalue weighted by Gasteiger charge is -2.09. The topological polar surface area (TPSA) is 94.8 Å². The highest BCUT2D eigenvalue weighted by Gasteiger charge is 2.22. The fraction of sp³-hybridized carbons (Fsp3) is 0.0952. The average Bonchev–Trinajstić information content (AvgIpc) is 3.24. The summed E-state index contributed by atoms with van der Waals surface area (Å²) in [6, 6.07) is 14.8. The van der Waals surface area contributed by atoms with E-state index < -0.39 is 11.7 Å². The zero-order valence-electron chi connectivity index (χ0n) is 16.4. The molecule has 4 aromatic rings. The smallest absolute Gasteiger partial charge is 0.278 e. The SMILES string of the molecule is COc1ccc(-n2nnc(C(=O)Nc3ccccc3F)c2CSc2ncccn2)cc1. The van der Waals surface area contributed by atoms with Crippen molar-refractivity contribution in [2.24, 2.45) is 0 Å². The van der Waals surface area contributed by atoms with Crippen LogP contribution in [0.5, 0.6) is 5.75 Å². The van der Waals surface area contributed by atoms with Crippen molar-refractivity contribution in [1.29, 1.82) is 0 Å². The number of benzene rings is 2. The van der Waals surface area contributed by atoms with Crippen LogP contribution in [0.4, 0.5) is 10.1 Å². The van der Waals surface area contributed by atoms with Crippen LogP contribution in [0.2, 0.25) is 0 Å². The van der Waals surface area contributed by atoms with Crippen LogP contribution in [-0.4, -0.2) is 38.0 Å². The third-order valence-electron chi connectivity index (χ3n) is 4.30. The highest BCUT2D eigenvalue weighted by Crippen LogP contribution is 2.24. The number of carbonyl (C=O) groups is 1. The molecule has 2 aromatic carbocycles. The summed E-state index contributed by atoms with van der Waals surface area (Å²) in [6.07, 6.45) is 3.28. The number of hydrogen-bond acceptors (Lipinski definition) is 7. The predicted molar refractivity (Wildman–Crippen MR) is 114 cm³/mol. The zero-order valence-corrected chi connectivity index (χ0v) is 17.2. The third-order valence-corrected chi connectivity index (χ3v) is 5.18. The van der Waals surface area contributed by atoms with Crippen molar-refractivity contribution in [3.63, 3.8) is 0 Å². The fourth-order valence-corrected chi connectivity index (χ4v) is 3.57. The Morgan fingerprint density at radius 3 is 2.55 bits per heavy atom. The van der Waals surface area contributed by atoms with Crippen LogP contribution in [0.3, 0.4) is 0 Å². The molecule has 8 nitrogen and oxygen atoms in total. The number of hydrogen-bond donors (Lipinski definition) is 1. The first-order chi connectivity index (χ1) is 15.2. The number of methoxy groups -OCH3 is 1. The summed E-state index contributed by atoms with van der Waals surface area (Å²) in [6.45, 7) is 0. The second-order valence-electron chi connectivity index (χ2n) is 6.25. The van der Waals surface area contributed by atoms with Gasteiger partial charge in [0.2, 0.25) is 0 Å². The largest absolute Gasteiger partial charge is 0.497 e. The lowest BCUT2D eigenvalue weighted by Crippen LogP contribution is -2.16. The van der Waals surface area contributed by atoms with Crippen molar-refractivity contribution in [2.75, 3.05) is 12.4 Å². The fourth-order valence-electron chi connectivity index (χ4n) is 2.78. The summed E-state index contributed by atoms with van der Waals surface area (Å²) in [5, 5.41) is 11.3. The molecule has 1 N–H and O–H groups in total. The Kier molecular flexibility index (Phi) is 6.18. The molecular formula is C21H17FN6O2S. The summed E-state index contributed by atoms with van der Waals surface area (Å²) in [4.78, 5) is 21.3. The van der Waals surface area contributed by atoms with E-state index in [1.54, 1.807) is 66.6 Å². The molecule has 0 aliphatic carbocycles. The molecule has 156 valence electrons. The van der Waals surface area contributed by atoms with Gasteiger partial charge in [0.1, 0.15) is 11.6 Å². The normalized spacial score (nSPS) is 10.6. The molecule has 31 heavy (non-hydrogen) atoms. The van der Waals surface area contributed by atoms with Gasteiger partial charge < -0.3 is 10.1 Å². The molecule has 0 saturated carbocycles. The molecule has 0 aliphatic rings. The molecule has 0 spiro atoms. The van der Waals surface area contributed by atoms with Gasteiger partial charge >= 0.3 is 0 Å². The minimum atomic E-state index is -0.561. The standard InChI is InChI=1S/C21H17FN6O2S/c1-30-15-9-7-14(8-10-15)28-18(13-31-21-23-11-4-12-24-21)19(26-27-28)20(29)25-17-6-3-2-5-16(17)22/h2-12H,13H2,1H3,(H,25,29). The van der Waals surface area contributed by atoms with Crippen molar-refractivity contribution < 1.29 is 13.9 Å². The van der Waals surface area contributed by atoms with Crippen molar-refractivity contribution in [1.82, 2.24) is 25.0 Å². The van der Waals surface area contributed by atoms with E-state index in [4.69, 9.17) is 4.74 Å². The van der Waals surface area contributed by atoms with Gasteiger partial charge in [0.05, 0.1) is 24.2 Å². The number of halogens is 1. The van der Waals surface area contributed by atoms with Crippen LogP contribution in [-0.2, 0) is 5.75 Å². The van der Waals surface area contributed by atoms with E-state index in [2.05, 4.69) is 25.6 Å². The summed E-state index contributed by atoms with van der Waals surface area (Å²) in [5.74, 6) is -0.0836. The van der Waals surface area contributed by atoms with Gasteiger partial charge in [-0.05, 0) is 42.5 Å². The quantitative estimate of drug-likeness (QED) is 0.348. The number of nitrogens with one attached hydrogen (secondary N) is 1. The monoisotopic (exact) mass is 436 g/mol. The van der Waals surface area contributed by atoms with Crippen LogP contribution in [0, 0.1) is 5.82 Å². The minimum Gasteiger partial charge on any atom is -0.497 e. The Labute approximate surface area is 181 Å². The van der Waals surface area contributed by atoms with Gasteiger partial charge in [-0.3, -0.25) is 4.79 Å². The molecule has 0 fully saturated rings. The molecule has 4 rings (SSSR count). The third kappa shape index (κ3) is 4.69. The van der Waals surface area contributed by atoms with Crippen molar-refractivity contribution >= 4 is 23.4 Å². The van der Waals surface area contributed by atoms with E-state index in [0.717, 1.165) is 0 Å². The zero-order chi connectivity index (χ0) is 21.6. The van der Waals surface area contributed by atoms with E-state index in [9.17, 15) is 9.18 Å². The van der Waals surface area contributed by atoms with Gasteiger partial charge in [0.15, 0.2) is 10.9 Å². The molecule has 1 amide bonds. The molecule has 0 atom stereocenters. The van der Waals surface area contributed by atoms with E-state index in [-0.39, 0.29) is 11.4 Å². The lowest BCUT2D eigenvalue weighted by molar-refractivity contribution is 0.102. The number of ether oxygens (including phenoxy) is 1. The van der Waals surface area contributed by atoms with Gasteiger partial charge in [0.25, 0.3) is 5.91 Å². The van der Waals surface area contributed by atoms with Gasteiger partial charge in [-0.2, -0.15) is 0 Å². The maximum absolute atomic E-state index is 14.0. The molecule has 0 radical (unpaired) electrons. The van der Waals surface area contributed by atoms with E-state index in [1.807, 2.05) is 0 Å². The molecule has 2 aromatic heterocycles. The summed E-state index contributed by atoms with van der Waals surface area (Å²) >= 11 is 1.33. The maximum atomic E-state index is 14.0. The van der Waals surface area contributed by atoms with Crippen molar-refractivity contribution in [3.05, 3.63) is 84.2 Å². The second kappa shape index (κ2) is 9.35. The first-order valence-electron chi connectivity index (χ1n) is 9.20. The molecular weight excluding hydrogens is 419 g/mol. The molecule has 0 aliphatic heterocycles. The van der Waals surface area contributed by atoms with Crippen LogP contribution in [0.25, 0.3) is 5.69 Å². The summed E-state index contributed by atoms with van der Waals surface area (Å²) in [7, 11) is 1.58. The molecule has 2 heterocycles. The number of nitrogens with zero attached hydrogens (tertiary/aromatic N) is 5. The number of anilines is 1. The Balaban J connectivity index is 1.67. The number of aromatic nitrogens is 5. The molecule has 0 saturated heterocycles. The average molecular weight is 436 g/mol. The van der Waals surface area contributed by atoms with Crippen LogP contribution >= 0.6 is 11.8 Å². The second-order valence-corrected chi connectivity index (χ2v) is 7.19. The number of carbonyl (C=O) groups excluding carboxylic acids is 1. The van der Waals surface area contributed by atoms with Gasteiger partial charge in [0, 0.05) is 18.1 Å². The van der Waals surface area contributed by atoms with Crippen molar-refractivity contribution in [2.45, 2.75) is 10.9 Å². The minimum absolute atomic E-state index is 0.0662. The number of amides is 1. The number of para-hydroxylation sites is 1. The Morgan fingerprint density at radius 1 is 1.10 bits per heavy atom. The van der Waals surface area contributed by atoms with Crippen molar-refractivity contribution in [3.8, 4) is 11.4 Å². The summed E-state index contributed by atoms with van der Waals surface area (Å²) < 4.78 is 20.7. The first kappa shape index (κ1) is 20.5. The van der Waals surface area contributed by atoms with E-state index >= 15 is 0 Å². The van der Waals surface area contributed by atoms with E-state index in [0.29, 0.717) is 28.0 Å². The van der Waals surface area contributed by atoms with Gasteiger partial charge in [-0.15, -0.1) is 5.10 Å². The molecule has 0 unspecified atom stereocenters. The van der Waals surface area contributed by atoms with Crippen LogP contribution in [0.1, 0.15) is 16.2 Å². The lowest BCUT2D eigenvalue weighted by atomic mass is 10.2. The molecule has 10 heteroatoms. The van der Waals surface area contributed by atoms with Gasteiger partial charge in [-0.25, -0.2) is 19.0 Å². The highest BCUT2D eigenvalue weighted by atomic mass is 32.2. The summed E-state index contributed by atoms with van der Waals surface area (Å²) in [5.41, 5.74) is 1.37. The number of thioether (sulfide) groups is 1. The van der Waals surface area contributed by atoms with Crippen LogP contribution in [0.15, 0.2) is 72.1 Å². The number of rotatable bonds is 7. The van der Waals surface area contributed by atoms with Gasteiger partial charge in [-0.1, -0.05) is 29.1 Å². The Bertz CT molecular complexity index is 1180. The molecule has 0 bridgehead atoms. The predicted octanol–water partition coefficient (Wildman–Crippen LogP) is 3.75. The van der Waals surface area contributed by atoms with Crippen LogP contribution < -0.4 is 10.1 Å². The highest BCUT2D eigenvalue weighted by molar-refractivity contribution is 7.98. The van der Waals surface area contributed by atoms with E-state index in [1.165, 1.54) is 23.9 Å². The Hall–Kier alpha value is -3.79. The first-order valence-corrected chi connectivity index (χ1v) is 10.2.